The Morgan fingerprint density at radius 2 is 1.57 bits per heavy atom. The Bertz CT molecular complexity index is 1340. The molecular weight excluding hydrogens is 559 g/mol. The molecule has 0 aromatic heterocycles. The van der Waals surface area contributed by atoms with E-state index >= 15 is 0 Å². The molecule has 0 atom stereocenters. The molecule has 1 saturated heterocycles. The number of hydrogen-bond acceptors (Lipinski definition) is 5. The van der Waals surface area contributed by atoms with Crippen molar-refractivity contribution < 1.29 is 23.9 Å². The number of urea groups is 1. The fourth-order valence-electron chi connectivity index (χ4n) is 3.31. The highest BCUT2D eigenvalue weighted by Gasteiger charge is 2.37. The van der Waals surface area contributed by atoms with Crippen LogP contribution in [0.1, 0.15) is 11.1 Å². The minimum absolute atomic E-state index is 0.225. The van der Waals surface area contributed by atoms with Crippen molar-refractivity contribution in [1.82, 2.24) is 5.32 Å². The number of benzene rings is 3. The van der Waals surface area contributed by atoms with Gasteiger partial charge in [0.05, 0.1) is 12.8 Å². The Morgan fingerprint density at radius 1 is 0.943 bits per heavy atom. The summed E-state index contributed by atoms with van der Waals surface area (Å²) in [6.07, 6.45) is 1.38. The summed E-state index contributed by atoms with van der Waals surface area (Å²) in [7, 11) is 1.48. The van der Waals surface area contributed by atoms with Crippen LogP contribution >= 0.6 is 39.1 Å². The van der Waals surface area contributed by atoms with Crippen LogP contribution in [0.25, 0.3) is 6.08 Å². The normalized spacial score (nSPS) is 14.8. The predicted molar refractivity (Wildman–Crippen MR) is 137 cm³/mol. The van der Waals surface area contributed by atoms with Crippen LogP contribution in [0, 0.1) is 0 Å². The Balaban J connectivity index is 1.63. The monoisotopic (exact) mass is 574 g/mol. The van der Waals surface area contributed by atoms with Gasteiger partial charge in [-0.3, -0.25) is 14.9 Å². The van der Waals surface area contributed by atoms with Gasteiger partial charge in [-0.1, -0.05) is 51.3 Å². The standard InChI is InChI=1S/C25H17BrCl2N2O5/c1-34-21-11-15(20(26)12-22(21)35-13-14-2-4-16(27)5-3-14)10-19-23(31)29-25(33)30(24(19)32)18-8-6-17(28)7-9-18/h2-12H,13H2,1H3,(H,29,31,33)/b19-10+. The third-order valence-electron chi connectivity index (χ3n) is 5.08. The third kappa shape index (κ3) is 5.51. The zero-order valence-electron chi connectivity index (χ0n) is 18.2. The van der Waals surface area contributed by atoms with Crippen LogP contribution in [-0.4, -0.2) is 25.0 Å². The Hall–Kier alpha value is -3.33. The number of imide groups is 2. The van der Waals surface area contributed by atoms with E-state index in [1.165, 1.54) is 25.3 Å². The van der Waals surface area contributed by atoms with Crippen molar-refractivity contribution >= 4 is 68.7 Å². The van der Waals surface area contributed by atoms with Crippen LogP contribution in [0.2, 0.25) is 10.0 Å². The zero-order chi connectivity index (χ0) is 25.1. The van der Waals surface area contributed by atoms with Gasteiger partial charge in [-0.15, -0.1) is 0 Å². The number of rotatable bonds is 6. The van der Waals surface area contributed by atoms with Crippen LogP contribution in [0.5, 0.6) is 11.5 Å². The van der Waals surface area contributed by atoms with Gasteiger partial charge in [0.1, 0.15) is 12.2 Å². The number of hydrogen-bond donors (Lipinski definition) is 1. The van der Waals surface area contributed by atoms with Gasteiger partial charge in [0.2, 0.25) is 0 Å². The van der Waals surface area contributed by atoms with Gasteiger partial charge in [0, 0.05) is 14.5 Å². The first kappa shape index (κ1) is 24.8. The van der Waals surface area contributed by atoms with E-state index in [1.807, 2.05) is 12.1 Å². The van der Waals surface area contributed by atoms with E-state index in [9.17, 15) is 14.4 Å². The second-order valence-electron chi connectivity index (χ2n) is 7.37. The van der Waals surface area contributed by atoms with Gasteiger partial charge in [0.25, 0.3) is 11.8 Å². The first-order valence-electron chi connectivity index (χ1n) is 10.2. The molecule has 0 bridgehead atoms. The summed E-state index contributed by atoms with van der Waals surface area (Å²) in [5.74, 6) is -0.730. The largest absolute Gasteiger partial charge is 0.493 e. The molecule has 4 amide bonds. The summed E-state index contributed by atoms with van der Waals surface area (Å²) in [5.41, 5.74) is 1.44. The number of nitrogens with one attached hydrogen (secondary N) is 1. The first-order valence-corrected chi connectivity index (χ1v) is 11.7. The lowest BCUT2D eigenvalue weighted by molar-refractivity contribution is -0.122. The molecule has 3 aromatic carbocycles. The maximum absolute atomic E-state index is 13.1. The van der Waals surface area contributed by atoms with E-state index in [0.29, 0.717) is 31.6 Å². The lowest BCUT2D eigenvalue weighted by atomic mass is 10.1. The quantitative estimate of drug-likeness (QED) is 0.287. The highest BCUT2D eigenvalue weighted by atomic mass is 79.9. The van der Waals surface area contributed by atoms with E-state index < -0.39 is 17.8 Å². The number of ether oxygens (including phenoxy) is 2. The molecule has 1 fully saturated rings. The SMILES string of the molecule is COc1cc(/C=C2\C(=O)NC(=O)N(c3ccc(Cl)cc3)C2=O)c(Br)cc1OCc1ccc(Cl)cc1. The second kappa shape index (κ2) is 10.5. The van der Waals surface area contributed by atoms with Crippen molar-refractivity contribution in [2.24, 2.45) is 0 Å². The van der Waals surface area contributed by atoms with Crippen LogP contribution in [-0.2, 0) is 16.2 Å². The molecule has 1 aliphatic rings. The van der Waals surface area contributed by atoms with Crippen molar-refractivity contribution in [3.05, 3.63) is 91.9 Å². The van der Waals surface area contributed by atoms with Crippen molar-refractivity contribution in [2.75, 3.05) is 12.0 Å². The fourth-order valence-corrected chi connectivity index (χ4v) is 4.00. The average molecular weight is 576 g/mol. The fraction of sp³-hybridized carbons (Fsp3) is 0.0800. The first-order chi connectivity index (χ1) is 16.8. The minimum atomic E-state index is -0.845. The van der Waals surface area contributed by atoms with Crippen LogP contribution in [0.3, 0.4) is 0 Å². The Labute approximate surface area is 219 Å². The number of halogens is 3. The summed E-state index contributed by atoms with van der Waals surface area (Å²) in [4.78, 5) is 38.9. The van der Waals surface area contributed by atoms with Crippen molar-refractivity contribution in [1.29, 1.82) is 0 Å². The van der Waals surface area contributed by atoms with E-state index in [0.717, 1.165) is 10.5 Å². The van der Waals surface area contributed by atoms with Gasteiger partial charge < -0.3 is 9.47 Å². The molecule has 1 N–H and O–H groups in total. The average Bonchev–Trinajstić information content (AvgIpc) is 2.83. The van der Waals surface area contributed by atoms with E-state index in [4.69, 9.17) is 32.7 Å². The number of carbonyl (C=O) groups is 3. The molecule has 0 saturated carbocycles. The van der Waals surface area contributed by atoms with Crippen LogP contribution < -0.4 is 19.7 Å². The minimum Gasteiger partial charge on any atom is -0.493 e. The third-order valence-corrected chi connectivity index (χ3v) is 6.27. The highest BCUT2D eigenvalue weighted by molar-refractivity contribution is 9.10. The summed E-state index contributed by atoms with van der Waals surface area (Å²) >= 11 is 15.3. The zero-order valence-corrected chi connectivity index (χ0v) is 21.3. The molecule has 35 heavy (non-hydrogen) atoms. The van der Waals surface area contributed by atoms with E-state index in [-0.39, 0.29) is 17.9 Å². The summed E-state index contributed by atoms with van der Waals surface area (Å²) in [6.45, 7) is 0.277. The van der Waals surface area contributed by atoms with Gasteiger partial charge in [-0.05, 0) is 65.7 Å². The molecule has 7 nitrogen and oxygen atoms in total. The van der Waals surface area contributed by atoms with Crippen LogP contribution in [0.15, 0.2) is 70.7 Å². The molecule has 178 valence electrons. The molecule has 0 spiro atoms. The molecule has 0 radical (unpaired) electrons. The Morgan fingerprint density at radius 3 is 2.20 bits per heavy atom. The van der Waals surface area contributed by atoms with Gasteiger partial charge in [-0.2, -0.15) is 0 Å². The van der Waals surface area contributed by atoms with E-state index in [1.54, 1.807) is 36.4 Å². The van der Waals surface area contributed by atoms with Gasteiger partial charge in [0.15, 0.2) is 11.5 Å². The topological polar surface area (TPSA) is 84.9 Å². The van der Waals surface area contributed by atoms with Gasteiger partial charge >= 0.3 is 6.03 Å². The number of barbiturate groups is 1. The summed E-state index contributed by atoms with van der Waals surface area (Å²) in [6, 6.07) is 15.8. The van der Waals surface area contributed by atoms with Crippen molar-refractivity contribution in [2.45, 2.75) is 6.61 Å². The molecule has 10 heteroatoms. The number of amides is 4. The molecule has 3 aromatic rings. The molecule has 1 aliphatic heterocycles. The lowest BCUT2D eigenvalue weighted by Crippen LogP contribution is -2.54. The van der Waals surface area contributed by atoms with Crippen LogP contribution in [0.4, 0.5) is 10.5 Å². The predicted octanol–water partition coefficient (Wildman–Crippen LogP) is 6.01. The number of anilines is 1. The number of nitrogens with zero attached hydrogens (tertiary/aromatic N) is 1. The van der Waals surface area contributed by atoms with Gasteiger partial charge in [-0.25, -0.2) is 9.69 Å². The number of carbonyl (C=O) groups excluding carboxylic acids is 3. The van der Waals surface area contributed by atoms with Crippen molar-refractivity contribution in [3.8, 4) is 11.5 Å². The van der Waals surface area contributed by atoms with Crippen molar-refractivity contribution in [3.63, 3.8) is 0 Å². The Kier molecular flexibility index (Phi) is 7.45. The molecule has 0 aliphatic carbocycles. The lowest BCUT2D eigenvalue weighted by Gasteiger charge is -2.26. The molecular formula is C25H17BrCl2N2O5. The molecule has 1 heterocycles. The highest BCUT2D eigenvalue weighted by Crippen LogP contribution is 2.36. The molecule has 4 rings (SSSR count). The summed E-state index contributed by atoms with van der Waals surface area (Å²) in [5, 5.41) is 3.26. The number of methoxy groups -OCH3 is 1. The van der Waals surface area contributed by atoms with E-state index in [2.05, 4.69) is 21.2 Å². The molecule has 0 unspecified atom stereocenters. The maximum atomic E-state index is 13.1. The maximum Gasteiger partial charge on any atom is 0.335 e. The summed E-state index contributed by atoms with van der Waals surface area (Å²) < 4.78 is 11.9. The smallest absolute Gasteiger partial charge is 0.335 e. The second-order valence-corrected chi connectivity index (χ2v) is 9.10.